The van der Waals surface area contributed by atoms with E-state index in [2.05, 4.69) is 10.6 Å². The van der Waals surface area contributed by atoms with Crippen LogP contribution in [-0.4, -0.2) is 53.2 Å². The second kappa shape index (κ2) is 8.31. The van der Waals surface area contributed by atoms with Gasteiger partial charge in [-0.15, -0.1) is 0 Å². The molecule has 0 spiro atoms. The molecule has 0 aromatic carbocycles. The van der Waals surface area contributed by atoms with E-state index in [1.54, 1.807) is 0 Å². The van der Waals surface area contributed by atoms with E-state index in [1.165, 1.54) is 4.90 Å². The molecule has 8 nitrogen and oxygen atoms in total. The maximum Gasteiger partial charge on any atom is 0.245 e. The molecule has 25 heavy (non-hydrogen) atoms. The third-order valence-corrected chi connectivity index (χ3v) is 4.73. The Morgan fingerprint density at radius 1 is 1.28 bits per heavy atom. The minimum absolute atomic E-state index is 0.147. The van der Waals surface area contributed by atoms with Gasteiger partial charge in [-0.05, 0) is 38.0 Å². The van der Waals surface area contributed by atoms with Crippen LogP contribution in [0.1, 0.15) is 52.4 Å². The summed E-state index contributed by atoms with van der Waals surface area (Å²) >= 11 is 0. The van der Waals surface area contributed by atoms with E-state index in [4.69, 9.17) is 5.73 Å². The average Bonchev–Trinajstić information content (AvgIpc) is 3.02. The van der Waals surface area contributed by atoms with Crippen molar-refractivity contribution in [1.29, 1.82) is 0 Å². The van der Waals surface area contributed by atoms with Gasteiger partial charge in [0.15, 0.2) is 0 Å². The summed E-state index contributed by atoms with van der Waals surface area (Å²) in [7, 11) is 0. The Morgan fingerprint density at radius 3 is 2.60 bits per heavy atom. The largest absolute Gasteiger partial charge is 0.368 e. The van der Waals surface area contributed by atoms with Crippen molar-refractivity contribution in [1.82, 2.24) is 15.5 Å². The van der Waals surface area contributed by atoms with E-state index >= 15 is 0 Å². The minimum Gasteiger partial charge on any atom is -0.368 e. The van der Waals surface area contributed by atoms with Crippen molar-refractivity contribution in [2.75, 3.05) is 6.54 Å². The molecule has 2 fully saturated rings. The standard InChI is InChI=1S/C17H28N4O4/c1-10(2)9-12(17(25)21-8-4-6-13(21)15(18)23)20-16(24)11-5-3-7-14(22)19-11/h10-13H,3-9H2,1-2H3,(H2,18,23)(H,19,22)(H,20,24)/t11-,12-,13+/m0/s1. The van der Waals surface area contributed by atoms with Crippen LogP contribution in [0.15, 0.2) is 0 Å². The van der Waals surface area contributed by atoms with Crippen molar-refractivity contribution in [2.45, 2.75) is 70.5 Å². The van der Waals surface area contributed by atoms with Gasteiger partial charge in [0.2, 0.25) is 23.6 Å². The highest BCUT2D eigenvalue weighted by atomic mass is 16.2. The predicted molar refractivity (Wildman–Crippen MR) is 91.1 cm³/mol. The lowest BCUT2D eigenvalue weighted by Gasteiger charge is -2.30. The summed E-state index contributed by atoms with van der Waals surface area (Å²) < 4.78 is 0. The van der Waals surface area contributed by atoms with Crippen molar-refractivity contribution in [3.05, 3.63) is 0 Å². The zero-order valence-corrected chi connectivity index (χ0v) is 14.9. The van der Waals surface area contributed by atoms with Crippen LogP contribution in [0.4, 0.5) is 0 Å². The summed E-state index contributed by atoms with van der Waals surface area (Å²) in [4.78, 5) is 49.9. The smallest absolute Gasteiger partial charge is 0.245 e. The van der Waals surface area contributed by atoms with Crippen LogP contribution in [-0.2, 0) is 19.2 Å². The molecule has 8 heteroatoms. The van der Waals surface area contributed by atoms with Crippen LogP contribution in [0.3, 0.4) is 0 Å². The fourth-order valence-electron chi connectivity index (χ4n) is 3.49. The van der Waals surface area contributed by atoms with Gasteiger partial charge in [-0.2, -0.15) is 0 Å². The van der Waals surface area contributed by atoms with Gasteiger partial charge in [-0.25, -0.2) is 0 Å². The molecule has 4 N–H and O–H groups in total. The fourth-order valence-corrected chi connectivity index (χ4v) is 3.49. The van der Waals surface area contributed by atoms with Crippen molar-refractivity contribution in [2.24, 2.45) is 11.7 Å². The molecule has 2 heterocycles. The van der Waals surface area contributed by atoms with Crippen LogP contribution < -0.4 is 16.4 Å². The van der Waals surface area contributed by atoms with E-state index < -0.39 is 24.0 Å². The van der Waals surface area contributed by atoms with Gasteiger partial charge in [-0.1, -0.05) is 13.8 Å². The number of hydrogen-bond donors (Lipinski definition) is 3. The van der Waals surface area contributed by atoms with Crippen molar-refractivity contribution < 1.29 is 19.2 Å². The fraction of sp³-hybridized carbons (Fsp3) is 0.765. The Kier molecular flexibility index (Phi) is 6.39. The lowest BCUT2D eigenvalue weighted by molar-refractivity contribution is -0.141. The molecule has 2 rings (SSSR count). The Bertz CT molecular complexity index is 549. The van der Waals surface area contributed by atoms with E-state index in [0.717, 1.165) is 6.42 Å². The molecule has 0 aliphatic carbocycles. The number of rotatable bonds is 6. The van der Waals surface area contributed by atoms with Gasteiger partial charge < -0.3 is 21.3 Å². The number of nitrogens with two attached hydrogens (primary N) is 1. The Labute approximate surface area is 147 Å². The number of carbonyl (C=O) groups excluding carboxylic acids is 4. The number of primary amides is 1. The van der Waals surface area contributed by atoms with Crippen LogP contribution in [0.2, 0.25) is 0 Å². The number of nitrogens with one attached hydrogen (secondary N) is 2. The monoisotopic (exact) mass is 352 g/mol. The molecule has 2 aliphatic heterocycles. The normalized spacial score (nSPS) is 24.8. The second-order valence-corrected chi connectivity index (χ2v) is 7.30. The highest BCUT2D eigenvalue weighted by Gasteiger charge is 2.37. The number of nitrogens with zero attached hydrogens (tertiary/aromatic N) is 1. The third-order valence-electron chi connectivity index (χ3n) is 4.73. The average molecular weight is 352 g/mol. The molecule has 0 aromatic rings. The first-order valence-electron chi connectivity index (χ1n) is 8.99. The molecule has 0 unspecified atom stereocenters. The first-order chi connectivity index (χ1) is 11.8. The van der Waals surface area contributed by atoms with E-state index in [1.807, 2.05) is 13.8 Å². The third kappa shape index (κ3) is 4.93. The highest BCUT2D eigenvalue weighted by Crippen LogP contribution is 2.20. The molecule has 2 saturated heterocycles. The van der Waals surface area contributed by atoms with Gasteiger partial charge in [-0.3, -0.25) is 19.2 Å². The topological polar surface area (TPSA) is 122 Å². The zero-order chi connectivity index (χ0) is 18.6. The van der Waals surface area contributed by atoms with Gasteiger partial charge in [0.25, 0.3) is 0 Å². The van der Waals surface area contributed by atoms with Crippen molar-refractivity contribution in [3.8, 4) is 0 Å². The van der Waals surface area contributed by atoms with Gasteiger partial charge in [0.1, 0.15) is 18.1 Å². The number of likely N-dealkylation sites (tertiary alicyclic amines) is 1. The van der Waals surface area contributed by atoms with Crippen molar-refractivity contribution in [3.63, 3.8) is 0 Å². The molecule has 4 amide bonds. The highest BCUT2D eigenvalue weighted by molar-refractivity contribution is 5.94. The number of carbonyl (C=O) groups is 4. The first-order valence-corrected chi connectivity index (χ1v) is 8.99. The molecule has 0 aromatic heterocycles. The second-order valence-electron chi connectivity index (χ2n) is 7.30. The zero-order valence-electron chi connectivity index (χ0n) is 14.9. The van der Waals surface area contributed by atoms with Gasteiger partial charge in [0.05, 0.1) is 0 Å². The predicted octanol–water partition coefficient (Wildman–Crippen LogP) is -0.338. The molecule has 3 atom stereocenters. The lowest BCUT2D eigenvalue weighted by Crippen LogP contribution is -2.57. The summed E-state index contributed by atoms with van der Waals surface area (Å²) in [6.07, 6.45) is 3.39. The van der Waals surface area contributed by atoms with Crippen molar-refractivity contribution >= 4 is 23.6 Å². The van der Waals surface area contributed by atoms with Crippen LogP contribution >= 0.6 is 0 Å². The molecular weight excluding hydrogens is 324 g/mol. The molecule has 2 aliphatic rings. The number of amides is 4. The summed E-state index contributed by atoms with van der Waals surface area (Å²) in [5.41, 5.74) is 5.39. The molecule has 140 valence electrons. The van der Waals surface area contributed by atoms with Crippen LogP contribution in [0.25, 0.3) is 0 Å². The maximum absolute atomic E-state index is 12.9. The maximum atomic E-state index is 12.9. The van der Waals surface area contributed by atoms with E-state index in [9.17, 15) is 19.2 Å². The Balaban J connectivity index is 2.07. The SMILES string of the molecule is CC(C)C[C@H](NC(=O)[C@@H]1CCCC(=O)N1)C(=O)N1CCC[C@@H]1C(N)=O. The number of hydrogen-bond acceptors (Lipinski definition) is 4. The molecular formula is C17H28N4O4. The molecule has 0 saturated carbocycles. The van der Waals surface area contributed by atoms with E-state index in [-0.39, 0.29) is 23.6 Å². The molecule has 0 radical (unpaired) electrons. The summed E-state index contributed by atoms with van der Waals surface area (Å²) in [5.74, 6) is -1.09. The van der Waals surface area contributed by atoms with Gasteiger partial charge >= 0.3 is 0 Å². The van der Waals surface area contributed by atoms with E-state index in [0.29, 0.717) is 38.6 Å². The number of piperidine rings is 1. The Hall–Kier alpha value is -2.12. The van der Waals surface area contributed by atoms with Crippen LogP contribution in [0, 0.1) is 5.92 Å². The Morgan fingerprint density at radius 2 is 2.00 bits per heavy atom. The molecule has 0 bridgehead atoms. The van der Waals surface area contributed by atoms with Crippen LogP contribution in [0.5, 0.6) is 0 Å². The summed E-state index contributed by atoms with van der Waals surface area (Å²) in [6.45, 7) is 4.39. The minimum atomic E-state index is -0.716. The lowest BCUT2D eigenvalue weighted by atomic mass is 9.99. The van der Waals surface area contributed by atoms with Gasteiger partial charge in [0, 0.05) is 13.0 Å². The first kappa shape index (κ1) is 19.2. The summed E-state index contributed by atoms with van der Waals surface area (Å²) in [5, 5.41) is 5.44. The summed E-state index contributed by atoms with van der Waals surface area (Å²) in [6, 6.07) is -1.92. The quantitative estimate of drug-likeness (QED) is 0.605.